The van der Waals surface area contributed by atoms with Crippen LogP contribution in [0.2, 0.25) is 5.02 Å². The van der Waals surface area contributed by atoms with Gasteiger partial charge in [0.25, 0.3) is 0 Å². The number of carbonyl (C=O) groups excluding carboxylic acids is 2. The third kappa shape index (κ3) is 3.06. The van der Waals surface area contributed by atoms with Crippen LogP contribution in [0.5, 0.6) is 0 Å². The van der Waals surface area contributed by atoms with Gasteiger partial charge in [-0.25, -0.2) is 0 Å². The van der Waals surface area contributed by atoms with Crippen molar-refractivity contribution >= 4 is 45.0 Å². The monoisotopic (exact) mass is 406 g/mol. The van der Waals surface area contributed by atoms with Gasteiger partial charge in [0.2, 0.25) is 11.8 Å². The van der Waals surface area contributed by atoms with Gasteiger partial charge in [-0.2, -0.15) is 0 Å². The summed E-state index contributed by atoms with van der Waals surface area (Å²) in [5.74, 6) is -0.673. The van der Waals surface area contributed by atoms with E-state index in [0.717, 1.165) is 29.3 Å². The fourth-order valence-corrected chi connectivity index (χ4v) is 3.39. The minimum absolute atomic E-state index is 0.111. The van der Waals surface area contributed by atoms with Crippen molar-refractivity contribution in [3.05, 3.63) is 63.1 Å². The van der Waals surface area contributed by atoms with Gasteiger partial charge in [-0.15, -0.1) is 0 Å². The molecular formula is C18H16BrClN2O2. The van der Waals surface area contributed by atoms with Crippen molar-refractivity contribution in [1.82, 2.24) is 0 Å². The highest BCUT2D eigenvalue weighted by atomic mass is 79.9. The zero-order valence-corrected chi connectivity index (χ0v) is 15.2. The Hall–Kier alpha value is -1.85. The molecule has 6 heteroatoms. The number of hydrogen-bond acceptors (Lipinski definition) is 2. The second-order valence-corrected chi connectivity index (χ2v) is 7.28. The number of primary amides is 1. The fourth-order valence-electron chi connectivity index (χ4n) is 2.96. The van der Waals surface area contributed by atoms with E-state index in [9.17, 15) is 9.59 Å². The zero-order valence-electron chi connectivity index (χ0n) is 12.8. The number of amides is 2. The molecule has 3 N–H and O–H groups in total. The highest BCUT2D eigenvalue weighted by molar-refractivity contribution is 9.10. The van der Waals surface area contributed by atoms with Crippen LogP contribution in [0.25, 0.3) is 0 Å². The number of anilines is 1. The van der Waals surface area contributed by atoms with Gasteiger partial charge in [-0.1, -0.05) is 46.1 Å². The van der Waals surface area contributed by atoms with Gasteiger partial charge in [-0.3, -0.25) is 9.59 Å². The molecule has 124 valence electrons. The zero-order chi connectivity index (χ0) is 17.3. The fraction of sp³-hybridized carbons (Fsp3) is 0.222. The van der Waals surface area contributed by atoms with Gasteiger partial charge < -0.3 is 11.1 Å². The maximum Gasteiger partial charge on any atom is 0.248 e. The third-order valence-corrected chi connectivity index (χ3v) is 5.40. The average molecular weight is 408 g/mol. The van der Waals surface area contributed by atoms with Crippen molar-refractivity contribution in [3.8, 4) is 0 Å². The maximum absolute atomic E-state index is 12.9. The molecule has 0 saturated heterocycles. The third-order valence-electron chi connectivity index (χ3n) is 4.54. The maximum atomic E-state index is 12.9. The molecule has 2 amide bonds. The molecule has 1 saturated carbocycles. The van der Waals surface area contributed by atoms with Crippen LogP contribution in [0.1, 0.15) is 35.2 Å². The Labute approximate surface area is 153 Å². The summed E-state index contributed by atoms with van der Waals surface area (Å²) < 4.78 is 0.971. The topological polar surface area (TPSA) is 72.2 Å². The lowest BCUT2D eigenvalue weighted by Gasteiger charge is -2.40. The molecule has 1 fully saturated rings. The van der Waals surface area contributed by atoms with Crippen LogP contribution in [-0.2, 0) is 10.2 Å². The Morgan fingerprint density at radius 2 is 1.79 bits per heavy atom. The molecule has 0 bridgehead atoms. The van der Waals surface area contributed by atoms with Crippen molar-refractivity contribution < 1.29 is 9.59 Å². The number of halogens is 2. The normalized spacial score (nSPS) is 15.4. The predicted molar refractivity (Wildman–Crippen MR) is 98.3 cm³/mol. The lowest BCUT2D eigenvalue weighted by Crippen LogP contribution is -2.46. The lowest BCUT2D eigenvalue weighted by molar-refractivity contribution is -0.124. The molecule has 2 aromatic rings. The molecule has 24 heavy (non-hydrogen) atoms. The highest BCUT2D eigenvalue weighted by Gasteiger charge is 2.45. The molecule has 0 heterocycles. The summed E-state index contributed by atoms with van der Waals surface area (Å²) in [6, 6.07) is 12.4. The molecule has 0 atom stereocenters. The van der Waals surface area contributed by atoms with Gasteiger partial charge in [-0.05, 0) is 48.7 Å². The van der Waals surface area contributed by atoms with Gasteiger partial charge >= 0.3 is 0 Å². The summed E-state index contributed by atoms with van der Waals surface area (Å²) >= 11 is 9.56. The molecule has 0 aromatic heterocycles. The van der Waals surface area contributed by atoms with E-state index in [0.29, 0.717) is 16.3 Å². The summed E-state index contributed by atoms with van der Waals surface area (Å²) in [7, 11) is 0. The number of carbonyl (C=O) groups is 2. The van der Waals surface area contributed by atoms with Gasteiger partial charge in [0.1, 0.15) is 0 Å². The number of nitrogens with one attached hydrogen (secondary N) is 1. The molecule has 1 aliphatic carbocycles. The van der Waals surface area contributed by atoms with E-state index in [1.165, 1.54) is 12.1 Å². The summed E-state index contributed by atoms with van der Waals surface area (Å²) in [6.45, 7) is 0. The van der Waals surface area contributed by atoms with Crippen LogP contribution < -0.4 is 11.1 Å². The van der Waals surface area contributed by atoms with E-state index >= 15 is 0 Å². The first-order chi connectivity index (χ1) is 11.4. The van der Waals surface area contributed by atoms with Gasteiger partial charge in [0.15, 0.2) is 0 Å². The Balaban J connectivity index is 1.89. The van der Waals surface area contributed by atoms with Crippen LogP contribution in [0.3, 0.4) is 0 Å². The van der Waals surface area contributed by atoms with Crippen molar-refractivity contribution in [2.24, 2.45) is 5.73 Å². The van der Waals surface area contributed by atoms with Crippen LogP contribution >= 0.6 is 27.5 Å². The first-order valence-corrected chi connectivity index (χ1v) is 8.76. The van der Waals surface area contributed by atoms with Gasteiger partial charge in [0.05, 0.1) is 16.1 Å². The van der Waals surface area contributed by atoms with E-state index < -0.39 is 11.3 Å². The van der Waals surface area contributed by atoms with Gasteiger partial charge in [0, 0.05) is 10.0 Å². The van der Waals surface area contributed by atoms with Crippen molar-refractivity contribution in [1.29, 1.82) is 0 Å². The molecular weight excluding hydrogens is 392 g/mol. The Bertz CT molecular complexity index is 801. The largest absolute Gasteiger partial charge is 0.366 e. The van der Waals surface area contributed by atoms with E-state index in [2.05, 4.69) is 21.2 Å². The number of rotatable bonds is 4. The smallest absolute Gasteiger partial charge is 0.248 e. The van der Waals surface area contributed by atoms with E-state index in [1.54, 1.807) is 6.07 Å². The van der Waals surface area contributed by atoms with Crippen LogP contribution in [0.4, 0.5) is 5.69 Å². The quantitative estimate of drug-likeness (QED) is 0.795. The second-order valence-electron chi connectivity index (χ2n) is 5.96. The lowest BCUT2D eigenvalue weighted by atomic mass is 9.64. The molecule has 0 unspecified atom stereocenters. The molecule has 0 radical (unpaired) electrons. The Morgan fingerprint density at radius 3 is 2.33 bits per heavy atom. The molecule has 0 spiro atoms. The summed E-state index contributed by atoms with van der Waals surface area (Å²) in [5.41, 5.74) is 6.44. The summed E-state index contributed by atoms with van der Waals surface area (Å²) in [6.07, 6.45) is 2.57. The minimum atomic E-state index is -0.562. The first kappa shape index (κ1) is 17.0. The van der Waals surface area contributed by atoms with Crippen molar-refractivity contribution in [2.75, 3.05) is 5.32 Å². The standard InChI is InChI=1S/C18H16BrClN2O2/c19-13-5-3-12(4-6-13)18(8-1-9-18)17(24)22-15-10-11(16(21)23)2-7-14(15)20/h2-7,10H,1,8-9H2,(H2,21,23)(H,22,24). The number of hydrogen-bond donors (Lipinski definition) is 2. The highest BCUT2D eigenvalue weighted by Crippen LogP contribution is 2.45. The molecule has 3 rings (SSSR count). The summed E-state index contributed by atoms with van der Waals surface area (Å²) in [4.78, 5) is 24.3. The molecule has 1 aliphatic rings. The Morgan fingerprint density at radius 1 is 1.12 bits per heavy atom. The van der Waals surface area contributed by atoms with E-state index in [4.69, 9.17) is 17.3 Å². The first-order valence-electron chi connectivity index (χ1n) is 7.59. The van der Waals surface area contributed by atoms with Crippen LogP contribution in [0.15, 0.2) is 46.9 Å². The molecule has 2 aromatic carbocycles. The number of nitrogens with two attached hydrogens (primary N) is 1. The molecule has 0 aliphatic heterocycles. The minimum Gasteiger partial charge on any atom is -0.366 e. The van der Waals surface area contributed by atoms with E-state index in [1.807, 2.05) is 24.3 Å². The van der Waals surface area contributed by atoms with Crippen LogP contribution in [0, 0.1) is 0 Å². The average Bonchev–Trinajstić information content (AvgIpc) is 2.50. The second kappa shape index (κ2) is 6.57. The van der Waals surface area contributed by atoms with Crippen LogP contribution in [-0.4, -0.2) is 11.8 Å². The number of benzene rings is 2. The predicted octanol–water partition coefficient (Wildman–Crippen LogP) is 4.26. The molecule has 4 nitrogen and oxygen atoms in total. The van der Waals surface area contributed by atoms with E-state index in [-0.39, 0.29) is 5.91 Å². The Kier molecular flexibility index (Phi) is 4.65. The van der Waals surface area contributed by atoms with Crippen molar-refractivity contribution in [2.45, 2.75) is 24.7 Å². The summed E-state index contributed by atoms with van der Waals surface area (Å²) in [5, 5.41) is 3.24. The SMILES string of the molecule is NC(=O)c1ccc(Cl)c(NC(=O)C2(c3ccc(Br)cc3)CCC2)c1. The van der Waals surface area contributed by atoms with Crippen molar-refractivity contribution in [3.63, 3.8) is 0 Å².